The van der Waals surface area contributed by atoms with Gasteiger partial charge in [-0.15, -0.1) is 11.3 Å². The summed E-state index contributed by atoms with van der Waals surface area (Å²) in [7, 11) is 0. The van der Waals surface area contributed by atoms with E-state index in [-0.39, 0.29) is 0 Å². The van der Waals surface area contributed by atoms with E-state index in [4.69, 9.17) is 34.8 Å². The van der Waals surface area contributed by atoms with Crippen LogP contribution in [0.2, 0.25) is 0 Å². The Morgan fingerprint density at radius 3 is 2.68 bits per heavy atom. The Morgan fingerprint density at radius 1 is 1.32 bits per heavy atom. The largest absolute Gasteiger partial charge is 0.387 e. The fourth-order valence-electron chi connectivity index (χ4n) is 1.97. The minimum atomic E-state index is -1.57. The quantitative estimate of drug-likeness (QED) is 0.815. The zero-order valence-corrected chi connectivity index (χ0v) is 13.3. The highest BCUT2D eigenvalue weighted by atomic mass is 35.6. The molecule has 2 unspecified atom stereocenters. The Labute approximate surface area is 131 Å². The van der Waals surface area contributed by atoms with Crippen LogP contribution in [0.5, 0.6) is 0 Å². The Kier molecular flexibility index (Phi) is 4.99. The van der Waals surface area contributed by atoms with Crippen LogP contribution in [0.4, 0.5) is 0 Å². The number of fused-ring (bicyclic) bond motifs is 1. The summed E-state index contributed by atoms with van der Waals surface area (Å²) >= 11 is 19.4. The molecule has 0 bridgehead atoms. The highest BCUT2D eigenvalue weighted by molar-refractivity contribution is 7.17. The molecule has 2 atom stereocenters. The maximum atomic E-state index is 10.4. The summed E-state index contributed by atoms with van der Waals surface area (Å²) in [5.41, 5.74) is 0.743. The molecular weight excluding hydrogens is 325 g/mol. The normalized spacial score (nSPS) is 15.6. The third-order valence-electron chi connectivity index (χ3n) is 2.91. The third kappa shape index (κ3) is 3.54. The SMILES string of the molecule is CCNC(C(O)c1ccc2ccsc2c1)C(Cl)(Cl)Cl. The van der Waals surface area contributed by atoms with Crippen molar-refractivity contribution in [1.82, 2.24) is 5.32 Å². The summed E-state index contributed by atoms with van der Waals surface area (Å²) in [5.74, 6) is 0. The van der Waals surface area contributed by atoms with Gasteiger partial charge in [-0.1, -0.05) is 53.9 Å². The Bertz CT molecular complexity index is 552. The fraction of sp³-hybridized carbons (Fsp3) is 0.385. The lowest BCUT2D eigenvalue weighted by atomic mass is 10.0. The smallest absolute Gasteiger partial charge is 0.208 e. The van der Waals surface area contributed by atoms with Gasteiger partial charge in [0.05, 0.1) is 12.1 Å². The number of aliphatic hydroxyl groups excluding tert-OH is 1. The van der Waals surface area contributed by atoms with Crippen molar-refractivity contribution < 1.29 is 5.11 Å². The van der Waals surface area contributed by atoms with Gasteiger partial charge in [0.1, 0.15) is 0 Å². The van der Waals surface area contributed by atoms with Crippen molar-refractivity contribution in [2.45, 2.75) is 22.9 Å². The molecule has 19 heavy (non-hydrogen) atoms. The van der Waals surface area contributed by atoms with Crippen molar-refractivity contribution in [2.75, 3.05) is 6.54 Å². The molecule has 104 valence electrons. The molecule has 2 aromatic rings. The maximum Gasteiger partial charge on any atom is 0.208 e. The average Bonchev–Trinajstić information content (AvgIpc) is 2.80. The second-order valence-corrected chi connectivity index (χ2v) is 7.56. The molecule has 1 aromatic carbocycles. The molecule has 0 fully saturated rings. The van der Waals surface area contributed by atoms with Gasteiger partial charge in [0, 0.05) is 4.70 Å². The number of alkyl halides is 3. The lowest BCUT2D eigenvalue weighted by Crippen LogP contribution is -2.44. The number of benzene rings is 1. The van der Waals surface area contributed by atoms with Gasteiger partial charge in [-0.25, -0.2) is 0 Å². The highest BCUT2D eigenvalue weighted by Crippen LogP contribution is 2.37. The summed E-state index contributed by atoms with van der Waals surface area (Å²) in [6.07, 6.45) is -0.876. The molecule has 0 saturated carbocycles. The predicted molar refractivity (Wildman–Crippen MR) is 84.5 cm³/mol. The number of hydrogen-bond acceptors (Lipinski definition) is 3. The van der Waals surface area contributed by atoms with E-state index in [0.717, 1.165) is 15.6 Å². The van der Waals surface area contributed by atoms with E-state index in [2.05, 4.69) is 5.32 Å². The molecule has 0 aliphatic heterocycles. The highest BCUT2D eigenvalue weighted by Gasteiger charge is 2.38. The molecule has 0 spiro atoms. The van der Waals surface area contributed by atoms with Crippen LogP contribution in [0, 0.1) is 0 Å². The van der Waals surface area contributed by atoms with Crippen molar-refractivity contribution in [3.8, 4) is 0 Å². The summed E-state index contributed by atoms with van der Waals surface area (Å²) < 4.78 is -0.462. The molecule has 1 heterocycles. The summed E-state index contributed by atoms with van der Waals surface area (Å²) in [5, 5.41) is 16.6. The van der Waals surface area contributed by atoms with Crippen LogP contribution in [0.3, 0.4) is 0 Å². The van der Waals surface area contributed by atoms with Gasteiger partial charge in [-0.3, -0.25) is 0 Å². The van der Waals surface area contributed by atoms with Gasteiger partial charge >= 0.3 is 0 Å². The molecule has 0 radical (unpaired) electrons. The number of halogens is 3. The lowest BCUT2D eigenvalue weighted by Gasteiger charge is -2.29. The zero-order valence-electron chi connectivity index (χ0n) is 10.2. The number of aliphatic hydroxyl groups is 1. The Hall–Kier alpha value is -0.0300. The van der Waals surface area contributed by atoms with Gasteiger partial charge < -0.3 is 10.4 Å². The second kappa shape index (κ2) is 6.17. The van der Waals surface area contributed by atoms with Crippen molar-refractivity contribution in [2.24, 2.45) is 0 Å². The first-order valence-corrected chi connectivity index (χ1v) is 7.90. The topological polar surface area (TPSA) is 32.3 Å². The number of hydrogen-bond donors (Lipinski definition) is 2. The third-order valence-corrected chi connectivity index (χ3v) is 4.50. The van der Waals surface area contributed by atoms with Crippen LogP contribution in [0.25, 0.3) is 10.1 Å². The Morgan fingerprint density at radius 2 is 2.05 bits per heavy atom. The summed E-state index contributed by atoms with van der Waals surface area (Å²) in [6, 6.07) is 7.14. The molecule has 1 aromatic heterocycles. The minimum absolute atomic E-state index is 0.608. The Balaban J connectivity index is 2.32. The zero-order chi connectivity index (χ0) is 14.0. The number of likely N-dealkylation sites (N-methyl/N-ethyl adjacent to an activating group) is 1. The summed E-state index contributed by atoms with van der Waals surface area (Å²) in [6.45, 7) is 2.51. The number of nitrogens with one attached hydrogen (secondary N) is 1. The molecule has 0 amide bonds. The van der Waals surface area contributed by atoms with Crippen LogP contribution in [0.15, 0.2) is 29.6 Å². The molecule has 6 heteroatoms. The second-order valence-electron chi connectivity index (χ2n) is 4.24. The number of rotatable bonds is 4. The van der Waals surface area contributed by atoms with E-state index >= 15 is 0 Å². The molecule has 0 aliphatic rings. The standard InChI is InChI=1S/C13H14Cl3NOS/c1-2-17-12(13(14,15)16)11(18)9-4-3-8-5-6-19-10(8)7-9/h3-7,11-12,17-18H,2H2,1H3. The minimum Gasteiger partial charge on any atom is -0.387 e. The van der Waals surface area contributed by atoms with Gasteiger partial charge in [-0.2, -0.15) is 0 Å². The molecule has 2 nitrogen and oxygen atoms in total. The van der Waals surface area contributed by atoms with Gasteiger partial charge in [0.25, 0.3) is 0 Å². The van der Waals surface area contributed by atoms with Crippen molar-refractivity contribution in [1.29, 1.82) is 0 Å². The van der Waals surface area contributed by atoms with Gasteiger partial charge in [0.2, 0.25) is 3.79 Å². The van der Waals surface area contributed by atoms with E-state index in [1.54, 1.807) is 11.3 Å². The predicted octanol–water partition coefficient (Wildman–Crippen LogP) is 4.28. The van der Waals surface area contributed by atoms with Crippen LogP contribution in [-0.2, 0) is 0 Å². The van der Waals surface area contributed by atoms with Gasteiger partial charge in [0.15, 0.2) is 0 Å². The van der Waals surface area contributed by atoms with E-state index < -0.39 is 15.9 Å². The van der Waals surface area contributed by atoms with E-state index in [1.165, 1.54) is 0 Å². The van der Waals surface area contributed by atoms with Crippen LogP contribution >= 0.6 is 46.1 Å². The maximum absolute atomic E-state index is 10.4. The van der Waals surface area contributed by atoms with E-state index in [9.17, 15) is 5.11 Å². The summed E-state index contributed by atoms with van der Waals surface area (Å²) in [4.78, 5) is 0. The van der Waals surface area contributed by atoms with Crippen LogP contribution < -0.4 is 5.32 Å². The molecule has 0 aliphatic carbocycles. The molecule has 2 N–H and O–H groups in total. The van der Waals surface area contributed by atoms with Crippen LogP contribution in [0.1, 0.15) is 18.6 Å². The average molecular weight is 339 g/mol. The van der Waals surface area contributed by atoms with Crippen molar-refractivity contribution in [3.63, 3.8) is 0 Å². The van der Waals surface area contributed by atoms with E-state index in [1.807, 2.05) is 36.6 Å². The lowest BCUT2D eigenvalue weighted by molar-refractivity contribution is 0.131. The van der Waals surface area contributed by atoms with Crippen molar-refractivity contribution in [3.05, 3.63) is 35.2 Å². The van der Waals surface area contributed by atoms with Crippen LogP contribution in [-0.4, -0.2) is 21.5 Å². The molecule has 2 rings (SSSR count). The number of thiophene rings is 1. The van der Waals surface area contributed by atoms with E-state index in [0.29, 0.717) is 6.54 Å². The van der Waals surface area contributed by atoms with Gasteiger partial charge in [-0.05, 0) is 35.0 Å². The molecule has 0 saturated heterocycles. The molecular formula is C13H14Cl3NOS. The van der Waals surface area contributed by atoms with Crippen molar-refractivity contribution >= 4 is 56.2 Å². The fourth-order valence-corrected chi connectivity index (χ4v) is 3.40. The monoisotopic (exact) mass is 337 g/mol. The first-order valence-electron chi connectivity index (χ1n) is 5.89. The first kappa shape index (κ1) is 15.4. The first-order chi connectivity index (χ1) is 8.93.